The number of carbonyl (C=O) groups excluding carboxylic acids is 1. The number of hydrogen-bond donors (Lipinski definition) is 1. The van der Waals surface area contributed by atoms with Crippen molar-refractivity contribution in [2.24, 2.45) is 5.92 Å². The number of anilines is 1. The number of thioether (sulfide) groups is 1. The number of aromatic nitrogens is 2. The normalized spacial score (nSPS) is 17.1. The molecule has 0 bridgehead atoms. The molecule has 0 aliphatic heterocycles. The molecule has 1 N–H and O–H groups in total. The van der Waals surface area contributed by atoms with Gasteiger partial charge in [-0.1, -0.05) is 25.6 Å². The van der Waals surface area contributed by atoms with Crippen molar-refractivity contribution in [3.63, 3.8) is 0 Å². The third kappa shape index (κ3) is 4.13. The first-order valence-corrected chi connectivity index (χ1v) is 14.1. The summed E-state index contributed by atoms with van der Waals surface area (Å²) in [5.74, 6) is 0.585. The summed E-state index contributed by atoms with van der Waals surface area (Å²) < 4.78 is 1.73. The third-order valence-electron chi connectivity index (χ3n) is 6.45. The number of nitrogens with one attached hydrogen (secondary N) is 1. The second kappa shape index (κ2) is 9.24. The van der Waals surface area contributed by atoms with Crippen LogP contribution in [0.15, 0.2) is 9.95 Å². The second-order valence-corrected chi connectivity index (χ2v) is 12.0. The van der Waals surface area contributed by atoms with E-state index in [1.807, 2.05) is 6.92 Å². The molecule has 172 valence electrons. The van der Waals surface area contributed by atoms with E-state index in [1.54, 1.807) is 15.9 Å². The third-order valence-corrected chi connectivity index (χ3v) is 9.78. The van der Waals surface area contributed by atoms with Gasteiger partial charge in [0.25, 0.3) is 5.56 Å². The second-order valence-electron chi connectivity index (χ2n) is 8.89. The minimum Gasteiger partial charge on any atom is -0.316 e. The van der Waals surface area contributed by atoms with Crippen molar-refractivity contribution in [2.45, 2.75) is 70.5 Å². The van der Waals surface area contributed by atoms with Crippen molar-refractivity contribution in [2.75, 3.05) is 11.1 Å². The van der Waals surface area contributed by atoms with Crippen LogP contribution in [-0.4, -0.2) is 21.2 Å². The van der Waals surface area contributed by atoms with Crippen LogP contribution in [0.5, 0.6) is 0 Å². The molecule has 6 nitrogen and oxygen atoms in total. The molecular formula is C24H26N4O2S3. The molecule has 0 saturated carbocycles. The van der Waals surface area contributed by atoms with E-state index in [9.17, 15) is 14.9 Å². The van der Waals surface area contributed by atoms with Gasteiger partial charge in [-0.3, -0.25) is 14.2 Å². The number of nitrogens with zero attached hydrogens (tertiary/aromatic N) is 3. The Labute approximate surface area is 205 Å². The van der Waals surface area contributed by atoms with E-state index in [0.717, 1.165) is 60.7 Å². The zero-order valence-corrected chi connectivity index (χ0v) is 21.3. The van der Waals surface area contributed by atoms with E-state index >= 15 is 0 Å². The lowest BCUT2D eigenvalue weighted by molar-refractivity contribution is -0.113. The Morgan fingerprint density at radius 3 is 2.91 bits per heavy atom. The molecule has 33 heavy (non-hydrogen) atoms. The largest absolute Gasteiger partial charge is 0.316 e. The van der Waals surface area contributed by atoms with Gasteiger partial charge < -0.3 is 5.32 Å². The first-order valence-electron chi connectivity index (χ1n) is 11.5. The number of carbonyl (C=O) groups is 1. The quantitative estimate of drug-likeness (QED) is 0.375. The smallest absolute Gasteiger partial charge is 0.263 e. The predicted molar refractivity (Wildman–Crippen MR) is 136 cm³/mol. The zero-order chi connectivity index (χ0) is 23.1. The number of amides is 1. The van der Waals surface area contributed by atoms with Crippen LogP contribution in [0.3, 0.4) is 0 Å². The molecule has 0 aromatic carbocycles. The highest BCUT2D eigenvalue weighted by molar-refractivity contribution is 7.99. The summed E-state index contributed by atoms with van der Waals surface area (Å²) in [7, 11) is 0. The fourth-order valence-corrected chi connectivity index (χ4v) is 8.34. The van der Waals surface area contributed by atoms with Crippen molar-refractivity contribution >= 4 is 55.6 Å². The minimum absolute atomic E-state index is 0.0241. The van der Waals surface area contributed by atoms with Gasteiger partial charge in [0.1, 0.15) is 15.9 Å². The number of aryl methyl sites for hydroxylation is 2. The van der Waals surface area contributed by atoms with Crippen LogP contribution in [-0.2, 0) is 37.0 Å². The summed E-state index contributed by atoms with van der Waals surface area (Å²) in [6.07, 6.45) is 6.87. The maximum atomic E-state index is 13.3. The van der Waals surface area contributed by atoms with Gasteiger partial charge in [-0.05, 0) is 62.0 Å². The Balaban J connectivity index is 1.37. The highest BCUT2D eigenvalue weighted by atomic mass is 32.2. The lowest BCUT2D eigenvalue weighted by atomic mass is 9.89. The van der Waals surface area contributed by atoms with Gasteiger partial charge in [-0.2, -0.15) is 5.26 Å². The average Bonchev–Trinajstić information content (AvgIpc) is 3.46. The Bertz CT molecular complexity index is 1340. The lowest BCUT2D eigenvalue weighted by Crippen LogP contribution is -2.24. The highest BCUT2D eigenvalue weighted by Crippen LogP contribution is 2.39. The Hall–Kier alpha value is -2.15. The van der Waals surface area contributed by atoms with E-state index < -0.39 is 0 Å². The van der Waals surface area contributed by atoms with Crippen LogP contribution in [0.25, 0.3) is 10.2 Å². The van der Waals surface area contributed by atoms with E-state index in [2.05, 4.69) is 18.3 Å². The van der Waals surface area contributed by atoms with Gasteiger partial charge in [0.15, 0.2) is 5.16 Å². The maximum Gasteiger partial charge on any atom is 0.263 e. The summed E-state index contributed by atoms with van der Waals surface area (Å²) in [4.78, 5) is 34.2. The molecule has 0 saturated heterocycles. The molecule has 0 fully saturated rings. The van der Waals surface area contributed by atoms with Crippen LogP contribution in [0.4, 0.5) is 5.00 Å². The Kier molecular flexibility index (Phi) is 6.34. The van der Waals surface area contributed by atoms with Gasteiger partial charge in [0.2, 0.25) is 5.91 Å². The molecule has 9 heteroatoms. The molecule has 1 atom stereocenters. The SMILES string of the molecule is CCCn1c(SCC(=O)Nc2sc3c(c2C#N)CCC(C)C3)nc2sc3c(c2c1=O)CCC3. The monoisotopic (exact) mass is 498 g/mol. The number of thiophene rings is 2. The van der Waals surface area contributed by atoms with Crippen molar-refractivity contribution in [1.82, 2.24) is 9.55 Å². The van der Waals surface area contributed by atoms with Gasteiger partial charge in [0, 0.05) is 16.3 Å². The van der Waals surface area contributed by atoms with Gasteiger partial charge >= 0.3 is 0 Å². The summed E-state index contributed by atoms with van der Waals surface area (Å²) in [5, 5.41) is 14.7. The fourth-order valence-electron chi connectivity index (χ4n) is 4.84. The molecule has 0 spiro atoms. The molecule has 1 amide bonds. The Morgan fingerprint density at radius 2 is 2.12 bits per heavy atom. The molecule has 1 unspecified atom stereocenters. The number of fused-ring (bicyclic) bond motifs is 4. The summed E-state index contributed by atoms with van der Waals surface area (Å²) in [5.41, 5.74) is 2.94. The van der Waals surface area contributed by atoms with Crippen LogP contribution < -0.4 is 10.9 Å². The van der Waals surface area contributed by atoms with Crippen molar-refractivity contribution in [3.8, 4) is 6.07 Å². The summed E-state index contributed by atoms with van der Waals surface area (Å²) in [6, 6.07) is 2.30. The molecule has 2 aliphatic carbocycles. The lowest BCUT2D eigenvalue weighted by Gasteiger charge is -2.17. The van der Waals surface area contributed by atoms with Crippen molar-refractivity contribution in [3.05, 3.63) is 36.8 Å². The zero-order valence-electron chi connectivity index (χ0n) is 18.8. The van der Waals surface area contributed by atoms with E-state index in [1.165, 1.54) is 38.4 Å². The molecule has 3 aromatic rings. The van der Waals surface area contributed by atoms with Crippen LogP contribution >= 0.6 is 34.4 Å². The first-order chi connectivity index (χ1) is 16.0. The van der Waals surface area contributed by atoms with Crippen LogP contribution in [0, 0.1) is 17.2 Å². The van der Waals surface area contributed by atoms with Crippen molar-refractivity contribution < 1.29 is 4.79 Å². The van der Waals surface area contributed by atoms with Crippen molar-refractivity contribution in [1.29, 1.82) is 5.26 Å². The first kappa shape index (κ1) is 22.6. The molecule has 2 aliphatic rings. The summed E-state index contributed by atoms with van der Waals surface area (Å²) in [6.45, 7) is 4.86. The Morgan fingerprint density at radius 1 is 1.27 bits per heavy atom. The topological polar surface area (TPSA) is 87.8 Å². The maximum absolute atomic E-state index is 13.3. The van der Waals surface area contributed by atoms with Crippen LogP contribution in [0.1, 0.15) is 59.6 Å². The molecule has 0 radical (unpaired) electrons. The van der Waals surface area contributed by atoms with Gasteiger partial charge in [-0.25, -0.2) is 4.98 Å². The molecule has 3 heterocycles. The van der Waals surface area contributed by atoms with E-state index in [4.69, 9.17) is 4.98 Å². The predicted octanol–water partition coefficient (Wildman–Crippen LogP) is 5.15. The number of rotatable bonds is 6. The minimum atomic E-state index is -0.172. The average molecular weight is 499 g/mol. The fraction of sp³-hybridized carbons (Fsp3) is 0.500. The van der Waals surface area contributed by atoms with Gasteiger partial charge in [-0.15, -0.1) is 22.7 Å². The van der Waals surface area contributed by atoms with Crippen LogP contribution in [0.2, 0.25) is 0 Å². The molecule has 3 aromatic heterocycles. The van der Waals surface area contributed by atoms with E-state index in [0.29, 0.717) is 28.2 Å². The summed E-state index contributed by atoms with van der Waals surface area (Å²) >= 11 is 4.46. The molecular weight excluding hydrogens is 472 g/mol. The molecule has 5 rings (SSSR count). The highest BCUT2D eigenvalue weighted by Gasteiger charge is 2.26. The number of nitriles is 1. The standard InChI is InChI=1S/C24H26N4O2S3/c1-3-9-28-23(30)20-15-5-4-6-17(15)32-22(20)27-24(28)31-12-19(29)26-21-16(11-25)14-8-7-13(2)10-18(14)33-21/h13H,3-10,12H2,1-2H3,(H,26,29). The van der Waals surface area contributed by atoms with Gasteiger partial charge in [0.05, 0.1) is 16.7 Å². The number of hydrogen-bond acceptors (Lipinski definition) is 7. The van der Waals surface area contributed by atoms with E-state index in [-0.39, 0.29) is 17.2 Å².